The van der Waals surface area contributed by atoms with Crippen LogP contribution in [-0.4, -0.2) is 25.0 Å². The van der Waals surface area contributed by atoms with E-state index >= 15 is 0 Å². The Hall–Kier alpha value is -1.78. The van der Waals surface area contributed by atoms with E-state index in [9.17, 15) is 9.59 Å². The number of hydrogen-bond donors (Lipinski definition) is 1. The molecule has 0 bridgehead atoms. The van der Waals surface area contributed by atoms with E-state index < -0.39 is 5.97 Å². The maximum Gasteiger partial charge on any atom is 0.331 e. The largest absolute Gasteiger partial charge is 0.452 e. The van der Waals surface area contributed by atoms with Crippen molar-refractivity contribution >= 4 is 35.1 Å². The van der Waals surface area contributed by atoms with Crippen LogP contribution in [0.3, 0.4) is 0 Å². The fourth-order valence-electron chi connectivity index (χ4n) is 1.54. The third kappa shape index (κ3) is 7.29. The average Bonchev–Trinajstić information content (AvgIpc) is 2.47. The molecule has 1 rings (SSSR count). The van der Waals surface area contributed by atoms with Crippen molar-refractivity contribution in [3.63, 3.8) is 0 Å². The highest BCUT2D eigenvalue weighted by Gasteiger charge is 2.06. The molecule has 0 saturated carbocycles. The fourth-order valence-corrected chi connectivity index (χ4v) is 2.05. The third-order valence-corrected chi connectivity index (χ3v) is 3.20. The molecule has 0 unspecified atom stereocenters. The Balaban J connectivity index is 2.27. The number of carbonyl (C=O) groups excluding carboxylic acids is 2. The molecule has 0 aliphatic heterocycles. The first-order valence-electron chi connectivity index (χ1n) is 6.69. The average molecular weight is 342 g/mol. The summed E-state index contributed by atoms with van der Waals surface area (Å²) in [4.78, 5) is 22.8. The van der Waals surface area contributed by atoms with Crippen LogP contribution < -0.4 is 5.32 Å². The highest BCUT2D eigenvalue weighted by Crippen LogP contribution is 2.20. The van der Waals surface area contributed by atoms with Gasteiger partial charge < -0.3 is 10.1 Å². The smallest absolute Gasteiger partial charge is 0.331 e. The second-order valence-electron chi connectivity index (χ2n) is 4.33. The molecule has 0 heterocycles. The number of ether oxygens (including phenoxy) is 1. The van der Waals surface area contributed by atoms with Crippen LogP contribution in [-0.2, 0) is 20.7 Å². The molecule has 0 aromatic heterocycles. The Morgan fingerprint density at radius 1 is 1.27 bits per heavy atom. The monoisotopic (exact) mass is 341 g/mol. The van der Waals surface area contributed by atoms with E-state index in [0.717, 1.165) is 5.56 Å². The molecule has 0 atom stereocenters. The van der Waals surface area contributed by atoms with E-state index in [4.69, 9.17) is 27.9 Å². The molecule has 118 valence electrons. The number of carbonyl (C=O) groups is 2. The lowest BCUT2D eigenvalue weighted by Gasteiger charge is -2.07. The summed E-state index contributed by atoms with van der Waals surface area (Å²) in [6.45, 7) is 1.91. The predicted molar refractivity (Wildman–Crippen MR) is 88.1 cm³/mol. The second kappa shape index (κ2) is 10.0. The van der Waals surface area contributed by atoms with Crippen molar-refractivity contribution in [3.05, 3.63) is 58.1 Å². The Morgan fingerprint density at radius 2 is 2.05 bits per heavy atom. The van der Waals surface area contributed by atoms with Crippen LogP contribution in [0.2, 0.25) is 10.0 Å². The van der Waals surface area contributed by atoms with Gasteiger partial charge in [0.05, 0.1) is 0 Å². The first-order valence-corrected chi connectivity index (χ1v) is 7.45. The van der Waals surface area contributed by atoms with Crippen LogP contribution in [0.15, 0.2) is 42.5 Å². The number of esters is 1. The summed E-state index contributed by atoms with van der Waals surface area (Å²) in [5.74, 6) is -0.924. The van der Waals surface area contributed by atoms with Crippen molar-refractivity contribution in [1.82, 2.24) is 5.32 Å². The zero-order valence-corrected chi connectivity index (χ0v) is 13.7. The van der Waals surface area contributed by atoms with Gasteiger partial charge in [-0.2, -0.15) is 0 Å². The topological polar surface area (TPSA) is 55.4 Å². The summed E-state index contributed by atoms with van der Waals surface area (Å²) in [6.07, 6.45) is 6.83. The fraction of sp³-hybridized carbons (Fsp3) is 0.250. The molecule has 0 fully saturated rings. The van der Waals surface area contributed by atoms with Gasteiger partial charge in [0.1, 0.15) is 0 Å². The summed E-state index contributed by atoms with van der Waals surface area (Å²) in [6, 6.07) is 5.20. The predicted octanol–water partition coefficient (Wildman–Crippen LogP) is 3.33. The van der Waals surface area contributed by atoms with Gasteiger partial charge in [-0.3, -0.25) is 4.79 Å². The van der Waals surface area contributed by atoms with Crippen molar-refractivity contribution in [2.75, 3.05) is 13.2 Å². The van der Waals surface area contributed by atoms with E-state index in [-0.39, 0.29) is 12.5 Å². The van der Waals surface area contributed by atoms with Gasteiger partial charge >= 0.3 is 5.97 Å². The molecule has 22 heavy (non-hydrogen) atoms. The minimum absolute atomic E-state index is 0.312. The molecular weight excluding hydrogens is 325 g/mol. The number of nitrogens with one attached hydrogen (secondary N) is 1. The molecule has 0 radical (unpaired) electrons. The number of benzene rings is 1. The van der Waals surface area contributed by atoms with Crippen molar-refractivity contribution < 1.29 is 14.3 Å². The van der Waals surface area contributed by atoms with Gasteiger partial charge in [0.2, 0.25) is 0 Å². The van der Waals surface area contributed by atoms with Crippen LogP contribution in [0.5, 0.6) is 0 Å². The van der Waals surface area contributed by atoms with E-state index in [1.165, 1.54) is 6.08 Å². The van der Waals surface area contributed by atoms with Crippen molar-refractivity contribution in [2.45, 2.75) is 13.3 Å². The first-order chi connectivity index (χ1) is 10.5. The molecule has 0 saturated heterocycles. The number of halogens is 2. The lowest BCUT2D eigenvalue weighted by atomic mass is 10.1. The minimum atomic E-state index is -0.561. The SMILES string of the molecule is C/C=C/C=C/C(=O)OCC(=O)NCCc1ccc(Cl)cc1Cl. The second-order valence-corrected chi connectivity index (χ2v) is 5.17. The van der Waals surface area contributed by atoms with Gasteiger partial charge in [0, 0.05) is 22.7 Å². The van der Waals surface area contributed by atoms with Gasteiger partial charge in [-0.1, -0.05) is 47.5 Å². The quantitative estimate of drug-likeness (QED) is 0.470. The van der Waals surface area contributed by atoms with Gasteiger partial charge in [0.15, 0.2) is 6.61 Å². The first kappa shape index (κ1) is 18.3. The Morgan fingerprint density at radius 3 is 2.73 bits per heavy atom. The molecule has 4 nitrogen and oxygen atoms in total. The molecule has 0 aliphatic rings. The van der Waals surface area contributed by atoms with E-state index in [1.807, 2.05) is 13.0 Å². The molecule has 0 spiro atoms. The maximum atomic E-state index is 11.5. The van der Waals surface area contributed by atoms with E-state index in [2.05, 4.69) is 5.32 Å². The third-order valence-electron chi connectivity index (χ3n) is 2.61. The summed E-state index contributed by atoms with van der Waals surface area (Å²) in [7, 11) is 0. The van der Waals surface area contributed by atoms with E-state index in [0.29, 0.717) is 23.0 Å². The summed E-state index contributed by atoms with van der Waals surface area (Å²) >= 11 is 11.8. The molecule has 1 aromatic rings. The Bertz CT molecular complexity index is 583. The number of hydrogen-bond acceptors (Lipinski definition) is 3. The standard InChI is InChI=1S/C16H17Cl2NO3/c1-2-3-4-5-16(21)22-11-15(20)19-9-8-12-6-7-13(17)10-14(12)18/h2-7,10H,8-9,11H2,1H3,(H,19,20)/b3-2+,5-4+. The maximum absolute atomic E-state index is 11.5. The molecular formula is C16H17Cl2NO3. The minimum Gasteiger partial charge on any atom is -0.452 e. The lowest BCUT2D eigenvalue weighted by molar-refractivity contribution is -0.143. The van der Waals surface area contributed by atoms with Crippen LogP contribution in [0.25, 0.3) is 0 Å². The van der Waals surface area contributed by atoms with E-state index in [1.54, 1.807) is 30.4 Å². The summed E-state index contributed by atoms with van der Waals surface area (Å²) in [5, 5.41) is 3.77. The van der Waals surface area contributed by atoms with Gasteiger partial charge in [-0.15, -0.1) is 0 Å². The normalized spacial score (nSPS) is 11.0. The zero-order valence-electron chi connectivity index (χ0n) is 12.1. The van der Waals surface area contributed by atoms with Gasteiger partial charge in [0.25, 0.3) is 5.91 Å². The number of rotatable bonds is 7. The van der Waals surface area contributed by atoms with Crippen molar-refractivity contribution in [2.24, 2.45) is 0 Å². The molecule has 6 heteroatoms. The van der Waals surface area contributed by atoms with Gasteiger partial charge in [-0.25, -0.2) is 4.79 Å². The van der Waals surface area contributed by atoms with Crippen LogP contribution in [0, 0.1) is 0 Å². The highest BCUT2D eigenvalue weighted by atomic mass is 35.5. The molecule has 0 aliphatic carbocycles. The lowest BCUT2D eigenvalue weighted by Crippen LogP contribution is -2.30. The summed E-state index contributed by atoms with van der Waals surface area (Å²) in [5.41, 5.74) is 0.887. The summed E-state index contributed by atoms with van der Waals surface area (Å²) < 4.78 is 4.78. The number of allylic oxidation sites excluding steroid dienone is 3. The molecule has 1 amide bonds. The van der Waals surface area contributed by atoms with Crippen LogP contribution in [0.4, 0.5) is 0 Å². The highest BCUT2D eigenvalue weighted by molar-refractivity contribution is 6.35. The zero-order chi connectivity index (χ0) is 16.4. The van der Waals surface area contributed by atoms with Gasteiger partial charge in [-0.05, 0) is 31.0 Å². The van der Waals surface area contributed by atoms with Crippen molar-refractivity contribution in [1.29, 1.82) is 0 Å². The molecule has 1 N–H and O–H groups in total. The van der Waals surface area contributed by atoms with Crippen LogP contribution in [0.1, 0.15) is 12.5 Å². The van der Waals surface area contributed by atoms with Crippen LogP contribution >= 0.6 is 23.2 Å². The Labute approximate surface area is 139 Å². The Kier molecular flexibility index (Phi) is 8.33. The number of amides is 1. The van der Waals surface area contributed by atoms with Crippen molar-refractivity contribution in [3.8, 4) is 0 Å². The molecule has 1 aromatic carbocycles.